The molecule has 0 bridgehead atoms. The summed E-state index contributed by atoms with van der Waals surface area (Å²) in [5, 5.41) is 0. The third-order valence-electron chi connectivity index (χ3n) is 3.30. The molecule has 7 heteroatoms. The molecule has 1 rings (SSSR count). The maximum absolute atomic E-state index is 12.0. The van der Waals surface area contributed by atoms with Crippen molar-refractivity contribution in [2.75, 3.05) is 46.4 Å². The Morgan fingerprint density at radius 3 is 2.16 bits per heavy atom. The molecule has 0 unspecified atom stereocenters. The average molecular weight is 316 g/mol. The summed E-state index contributed by atoms with van der Waals surface area (Å²) in [6.45, 7) is 9.05. The van der Waals surface area contributed by atoms with Crippen LogP contribution in [0.25, 0.3) is 0 Å². The van der Waals surface area contributed by atoms with Crippen molar-refractivity contribution in [3.63, 3.8) is 0 Å². The maximum Gasteiger partial charge on any atom is 0.239 e. The fourth-order valence-electron chi connectivity index (χ4n) is 1.91. The first kappa shape index (κ1) is 21.2. The Hall–Kier alpha value is -0.0700. The van der Waals surface area contributed by atoms with Gasteiger partial charge in [0.15, 0.2) is 0 Å². The minimum atomic E-state index is -0.361. The first-order chi connectivity index (χ1) is 8.06. The number of carbonyl (C=O) groups is 1. The first-order valence-electron chi connectivity index (χ1n) is 6.32. The first-order valence-corrected chi connectivity index (χ1v) is 6.32. The number of piperazine rings is 1. The number of nitrogens with zero attached hydrogens (tertiary/aromatic N) is 2. The Morgan fingerprint density at radius 1 is 1.21 bits per heavy atom. The summed E-state index contributed by atoms with van der Waals surface area (Å²) in [7, 11) is 1.71. The van der Waals surface area contributed by atoms with Crippen molar-refractivity contribution in [3.05, 3.63) is 0 Å². The maximum atomic E-state index is 12.0. The lowest BCUT2D eigenvalue weighted by Crippen LogP contribution is -2.54. The van der Waals surface area contributed by atoms with E-state index in [2.05, 4.69) is 4.90 Å². The van der Waals surface area contributed by atoms with Gasteiger partial charge in [-0.1, -0.05) is 13.8 Å². The van der Waals surface area contributed by atoms with Gasteiger partial charge in [-0.2, -0.15) is 0 Å². The van der Waals surface area contributed by atoms with Crippen LogP contribution in [0.3, 0.4) is 0 Å². The summed E-state index contributed by atoms with van der Waals surface area (Å²) < 4.78 is 5.05. The molecule has 0 aliphatic carbocycles. The number of amides is 1. The van der Waals surface area contributed by atoms with Crippen LogP contribution in [0.15, 0.2) is 0 Å². The number of ether oxygens (including phenoxy) is 1. The van der Waals surface area contributed by atoms with E-state index < -0.39 is 0 Å². The van der Waals surface area contributed by atoms with E-state index in [-0.39, 0.29) is 42.7 Å². The normalized spacial score (nSPS) is 17.6. The average Bonchev–Trinajstić information content (AvgIpc) is 2.35. The van der Waals surface area contributed by atoms with E-state index in [0.717, 1.165) is 39.3 Å². The van der Waals surface area contributed by atoms with Crippen molar-refractivity contribution in [3.8, 4) is 0 Å². The van der Waals surface area contributed by atoms with Gasteiger partial charge in [0.2, 0.25) is 5.91 Å². The van der Waals surface area contributed by atoms with Crippen molar-refractivity contribution in [2.24, 2.45) is 11.7 Å². The molecule has 1 aliphatic rings. The topological polar surface area (TPSA) is 58.8 Å². The van der Waals surface area contributed by atoms with Crippen molar-refractivity contribution < 1.29 is 9.53 Å². The van der Waals surface area contributed by atoms with Gasteiger partial charge in [0, 0.05) is 39.8 Å². The second kappa shape index (κ2) is 10.7. The summed E-state index contributed by atoms with van der Waals surface area (Å²) >= 11 is 0. The van der Waals surface area contributed by atoms with Crippen LogP contribution < -0.4 is 5.73 Å². The highest BCUT2D eigenvalue weighted by Gasteiger charge is 2.26. The molecule has 1 heterocycles. The van der Waals surface area contributed by atoms with Crippen molar-refractivity contribution in [1.82, 2.24) is 9.80 Å². The van der Waals surface area contributed by atoms with Crippen LogP contribution in [0.5, 0.6) is 0 Å². The summed E-state index contributed by atoms with van der Waals surface area (Å²) in [6.07, 6.45) is 0. The minimum Gasteiger partial charge on any atom is -0.383 e. The highest BCUT2D eigenvalue weighted by atomic mass is 35.5. The van der Waals surface area contributed by atoms with E-state index in [4.69, 9.17) is 10.5 Å². The lowest BCUT2D eigenvalue weighted by Gasteiger charge is -2.36. The van der Waals surface area contributed by atoms with E-state index in [0.29, 0.717) is 0 Å². The van der Waals surface area contributed by atoms with Gasteiger partial charge in [0.05, 0.1) is 12.6 Å². The highest BCUT2D eigenvalue weighted by molar-refractivity contribution is 5.85. The van der Waals surface area contributed by atoms with Gasteiger partial charge in [-0.05, 0) is 5.92 Å². The lowest BCUT2D eigenvalue weighted by molar-refractivity contribution is -0.135. The molecule has 1 amide bonds. The number of rotatable bonds is 5. The molecule has 0 aromatic carbocycles. The monoisotopic (exact) mass is 315 g/mol. The lowest BCUT2D eigenvalue weighted by atomic mass is 10.0. The van der Waals surface area contributed by atoms with Gasteiger partial charge in [-0.3, -0.25) is 9.69 Å². The van der Waals surface area contributed by atoms with E-state index in [1.807, 2.05) is 18.7 Å². The third-order valence-corrected chi connectivity index (χ3v) is 3.30. The summed E-state index contributed by atoms with van der Waals surface area (Å²) in [5.74, 6) is 0.292. The van der Waals surface area contributed by atoms with E-state index in [9.17, 15) is 4.79 Å². The Balaban J connectivity index is 0. The van der Waals surface area contributed by atoms with Crippen LogP contribution in [-0.2, 0) is 9.53 Å². The number of halogens is 2. The van der Waals surface area contributed by atoms with Crippen molar-refractivity contribution >= 4 is 30.7 Å². The van der Waals surface area contributed by atoms with Gasteiger partial charge >= 0.3 is 0 Å². The number of hydrogen-bond acceptors (Lipinski definition) is 4. The van der Waals surface area contributed by atoms with Crippen LogP contribution in [0.4, 0.5) is 0 Å². The fourth-order valence-corrected chi connectivity index (χ4v) is 1.91. The molecule has 1 atom stereocenters. The Kier molecular flexibility index (Phi) is 11.9. The zero-order valence-corrected chi connectivity index (χ0v) is 13.6. The van der Waals surface area contributed by atoms with Crippen LogP contribution in [0, 0.1) is 5.92 Å². The van der Waals surface area contributed by atoms with Gasteiger partial charge in [-0.15, -0.1) is 24.8 Å². The number of nitrogens with two attached hydrogens (primary N) is 1. The second-order valence-corrected chi connectivity index (χ2v) is 4.93. The molecular formula is C12H27Cl2N3O2. The van der Waals surface area contributed by atoms with Crippen LogP contribution in [0.2, 0.25) is 0 Å². The molecule has 1 saturated heterocycles. The van der Waals surface area contributed by atoms with Crippen molar-refractivity contribution in [1.29, 1.82) is 0 Å². The zero-order valence-electron chi connectivity index (χ0n) is 12.0. The smallest absolute Gasteiger partial charge is 0.239 e. The molecule has 0 spiro atoms. The molecule has 1 fully saturated rings. The largest absolute Gasteiger partial charge is 0.383 e. The number of hydrogen-bond donors (Lipinski definition) is 1. The van der Waals surface area contributed by atoms with Crippen LogP contribution >= 0.6 is 24.8 Å². The zero-order chi connectivity index (χ0) is 12.8. The van der Waals surface area contributed by atoms with E-state index in [1.165, 1.54) is 0 Å². The molecule has 0 radical (unpaired) electrons. The van der Waals surface area contributed by atoms with Gasteiger partial charge in [0.25, 0.3) is 0 Å². The molecule has 116 valence electrons. The SMILES string of the molecule is COCCN1CCN(C(=O)[C@@H](N)C(C)C)CC1.Cl.Cl. The van der Waals surface area contributed by atoms with Crippen LogP contribution in [0.1, 0.15) is 13.8 Å². The Morgan fingerprint density at radius 2 is 1.74 bits per heavy atom. The number of carbonyl (C=O) groups excluding carboxylic acids is 1. The molecule has 0 aromatic heterocycles. The van der Waals surface area contributed by atoms with E-state index in [1.54, 1.807) is 7.11 Å². The highest BCUT2D eigenvalue weighted by Crippen LogP contribution is 2.07. The minimum absolute atomic E-state index is 0. The second-order valence-electron chi connectivity index (χ2n) is 4.93. The Labute approximate surface area is 128 Å². The molecule has 0 saturated carbocycles. The third kappa shape index (κ3) is 6.77. The van der Waals surface area contributed by atoms with E-state index >= 15 is 0 Å². The molecule has 5 nitrogen and oxygen atoms in total. The predicted molar refractivity (Wildman–Crippen MR) is 82.2 cm³/mol. The molecule has 2 N–H and O–H groups in total. The molecule has 19 heavy (non-hydrogen) atoms. The van der Waals surface area contributed by atoms with Gasteiger partial charge in [-0.25, -0.2) is 0 Å². The molecule has 0 aromatic rings. The fraction of sp³-hybridized carbons (Fsp3) is 0.917. The van der Waals surface area contributed by atoms with Crippen LogP contribution in [-0.4, -0.2) is 68.2 Å². The number of methoxy groups -OCH3 is 1. The summed E-state index contributed by atoms with van der Waals surface area (Å²) in [5.41, 5.74) is 5.88. The predicted octanol–water partition coefficient (Wildman–Crippen LogP) is 0.604. The Bertz CT molecular complexity index is 247. The molecular weight excluding hydrogens is 289 g/mol. The van der Waals surface area contributed by atoms with Gasteiger partial charge in [0.1, 0.15) is 0 Å². The summed E-state index contributed by atoms with van der Waals surface area (Å²) in [6, 6.07) is -0.361. The quantitative estimate of drug-likeness (QED) is 0.807. The van der Waals surface area contributed by atoms with Crippen molar-refractivity contribution in [2.45, 2.75) is 19.9 Å². The van der Waals surface area contributed by atoms with Gasteiger partial charge < -0.3 is 15.4 Å². The molecule has 1 aliphatic heterocycles. The summed E-state index contributed by atoms with van der Waals surface area (Å²) in [4.78, 5) is 16.2. The standard InChI is InChI=1S/C12H25N3O2.2ClH/c1-10(2)11(13)12(16)15-6-4-14(5-7-15)8-9-17-3;;/h10-11H,4-9,13H2,1-3H3;2*1H/t11-;;/m0../s1.